The topological polar surface area (TPSA) is 147 Å². The van der Waals surface area contributed by atoms with Crippen molar-refractivity contribution in [3.05, 3.63) is 16.7 Å². The Bertz CT molecular complexity index is 772. The number of aromatic nitrogens is 4. The number of hydrogen-bond acceptors (Lipinski definition) is 5. The lowest BCUT2D eigenvalue weighted by Gasteiger charge is -2.19. The molecule has 0 aliphatic carbocycles. The van der Waals surface area contributed by atoms with Gasteiger partial charge in [0, 0.05) is 0 Å². The minimum Gasteiger partial charge on any atom is -0.369 e. The van der Waals surface area contributed by atoms with Crippen LogP contribution < -0.4 is 11.3 Å². The average Bonchev–Trinajstić information content (AvgIpc) is 2.90. The van der Waals surface area contributed by atoms with Crippen LogP contribution in [-0.2, 0) is 11.2 Å². The van der Waals surface area contributed by atoms with Gasteiger partial charge >= 0.3 is 7.60 Å². The molecule has 11 heteroatoms. The van der Waals surface area contributed by atoms with Crippen molar-refractivity contribution < 1.29 is 18.8 Å². The van der Waals surface area contributed by atoms with E-state index < -0.39 is 13.2 Å². The summed E-state index contributed by atoms with van der Waals surface area (Å²) in [5, 5.41) is 0. The lowest BCUT2D eigenvalue weighted by Crippen LogP contribution is -2.30. The van der Waals surface area contributed by atoms with E-state index in [9.17, 15) is 9.36 Å². The van der Waals surface area contributed by atoms with Gasteiger partial charge in [-0.3, -0.25) is 23.4 Å². The van der Waals surface area contributed by atoms with Crippen LogP contribution in [0.1, 0.15) is 0 Å². The molecular formula is C9H14N6O4P+. The molecule has 2 aromatic heterocycles. The van der Waals surface area contributed by atoms with Gasteiger partial charge < -0.3 is 15.5 Å². The van der Waals surface area contributed by atoms with E-state index in [0.29, 0.717) is 25.4 Å². The second kappa shape index (κ2) is 4.13. The third-order valence-corrected chi connectivity index (χ3v) is 4.25. The van der Waals surface area contributed by atoms with Crippen LogP contribution in [0.25, 0.3) is 11.2 Å². The molecule has 1 fully saturated rings. The number of quaternary nitrogens is 1. The van der Waals surface area contributed by atoms with E-state index in [1.807, 2.05) is 0 Å². The molecule has 0 spiro atoms. The van der Waals surface area contributed by atoms with Crippen LogP contribution >= 0.6 is 7.60 Å². The molecular weight excluding hydrogens is 287 g/mol. The molecule has 1 aliphatic rings. The molecule has 0 radical (unpaired) electrons. The predicted molar refractivity (Wildman–Crippen MR) is 69.5 cm³/mol. The molecule has 0 bridgehead atoms. The first-order valence-electron chi connectivity index (χ1n) is 5.88. The molecule has 0 atom stereocenters. The molecule has 0 unspecified atom stereocenters. The molecule has 3 heterocycles. The third-order valence-electron chi connectivity index (χ3n) is 3.29. The average molecular weight is 301 g/mol. The number of hydrogen-bond donors (Lipinski definition) is 4. The van der Waals surface area contributed by atoms with Crippen LogP contribution in [-0.4, -0.2) is 53.2 Å². The van der Waals surface area contributed by atoms with Crippen LogP contribution in [0.2, 0.25) is 0 Å². The molecule has 3 rings (SSSR count). The Labute approximate surface area is 112 Å². The summed E-state index contributed by atoms with van der Waals surface area (Å²) in [4.78, 5) is 40.2. The van der Waals surface area contributed by atoms with E-state index in [1.54, 1.807) is 4.57 Å². The Morgan fingerprint density at radius 1 is 1.50 bits per heavy atom. The second-order valence-electron chi connectivity index (χ2n) is 5.07. The highest BCUT2D eigenvalue weighted by Crippen LogP contribution is 2.42. The maximum atomic E-state index is 11.6. The number of nitrogens with zero attached hydrogens (tertiary/aromatic N) is 4. The summed E-state index contributed by atoms with van der Waals surface area (Å²) in [6.07, 6.45) is 1.20. The van der Waals surface area contributed by atoms with E-state index in [-0.39, 0.29) is 22.2 Å². The van der Waals surface area contributed by atoms with Crippen molar-refractivity contribution in [1.82, 2.24) is 19.5 Å². The maximum Gasteiger partial charge on any atom is 0.379 e. The molecule has 10 nitrogen and oxygen atoms in total. The van der Waals surface area contributed by atoms with E-state index >= 15 is 0 Å². The fraction of sp³-hybridized carbons (Fsp3) is 0.444. The second-order valence-corrected chi connectivity index (χ2v) is 6.69. The zero-order valence-electron chi connectivity index (χ0n) is 10.4. The fourth-order valence-electron chi connectivity index (χ4n) is 2.26. The number of fused-ring (bicyclic) bond motifs is 1. The molecule has 0 aromatic carbocycles. The monoisotopic (exact) mass is 301 g/mol. The fourth-order valence-corrected chi connectivity index (χ4v) is 3.41. The van der Waals surface area contributed by atoms with Gasteiger partial charge in [-0.05, 0) is 0 Å². The van der Waals surface area contributed by atoms with Crippen molar-refractivity contribution in [3.63, 3.8) is 0 Å². The summed E-state index contributed by atoms with van der Waals surface area (Å²) >= 11 is 0. The number of rotatable bonds is 4. The molecule has 1 saturated heterocycles. The highest BCUT2D eigenvalue weighted by molar-refractivity contribution is 7.51. The van der Waals surface area contributed by atoms with Crippen molar-refractivity contribution in [2.24, 2.45) is 0 Å². The zero-order chi connectivity index (χ0) is 14.5. The van der Waals surface area contributed by atoms with Gasteiger partial charge in [0.05, 0.1) is 0 Å². The summed E-state index contributed by atoms with van der Waals surface area (Å²) in [5.74, 6) is -0.0171. The minimum absolute atomic E-state index is 0.0171. The third kappa shape index (κ3) is 2.46. The summed E-state index contributed by atoms with van der Waals surface area (Å²) in [6, 6.07) is 0. The molecule has 108 valence electrons. The molecule has 0 saturated carbocycles. The molecule has 1 aliphatic heterocycles. The number of anilines is 1. The van der Waals surface area contributed by atoms with E-state index in [4.69, 9.17) is 15.5 Å². The molecule has 5 N–H and O–H groups in total. The van der Waals surface area contributed by atoms with Gasteiger partial charge in [0.25, 0.3) is 5.56 Å². The summed E-state index contributed by atoms with van der Waals surface area (Å²) in [6.45, 7) is 1.64. The normalized spacial score (nSPS) is 17.5. The predicted octanol–water partition coefficient (Wildman–Crippen LogP) is -1.38. The van der Waals surface area contributed by atoms with Gasteiger partial charge in [-0.25, -0.2) is 4.98 Å². The molecule has 2 aromatic rings. The minimum atomic E-state index is -4.10. The Balaban J connectivity index is 1.96. The summed E-state index contributed by atoms with van der Waals surface area (Å²) in [7, 11) is -4.10. The SMILES string of the molecule is Nc1nc2c(ncn2C[N+]2(CP(=O)(O)O)CC2)c(=O)[nH]1. The van der Waals surface area contributed by atoms with Crippen LogP contribution in [0.4, 0.5) is 5.95 Å². The van der Waals surface area contributed by atoms with Gasteiger partial charge in [0.2, 0.25) is 5.95 Å². The Morgan fingerprint density at radius 3 is 2.80 bits per heavy atom. The maximum absolute atomic E-state index is 11.6. The number of nitrogens with two attached hydrogens (primary N) is 1. The highest BCUT2D eigenvalue weighted by Gasteiger charge is 2.47. The smallest absolute Gasteiger partial charge is 0.369 e. The van der Waals surface area contributed by atoms with Crippen molar-refractivity contribution in [2.75, 3.05) is 25.1 Å². The highest BCUT2D eigenvalue weighted by atomic mass is 31.2. The van der Waals surface area contributed by atoms with Crippen molar-refractivity contribution in [3.8, 4) is 0 Å². The first-order valence-corrected chi connectivity index (χ1v) is 7.68. The van der Waals surface area contributed by atoms with Crippen molar-refractivity contribution in [1.29, 1.82) is 0 Å². The van der Waals surface area contributed by atoms with Gasteiger partial charge in [-0.1, -0.05) is 0 Å². The molecule has 0 amide bonds. The van der Waals surface area contributed by atoms with Crippen LogP contribution in [0.3, 0.4) is 0 Å². The van der Waals surface area contributed by atoms with Crippen LogP contribution in [0, 0.1) is 0 Å². The lowest BCUT2D eigenvalue weighted by atomic mass is 10.5. The Hall–Kier alpha value is -1.74. The van der Waals surface area contributed by atoms with E-state index in [0.717, 1.165) is 0 Å². The molecule has 20 heavy (non-hydrogen) atoms. The van der Waals surface area contributed by atoms with Crippen molar-refractivity contribution >= 4 is 24.7 Å². The Kier molecular flexibility index (Phi) is 2.73. The van der Waals surface area contributed by atoms with Crippen LogP contribution in [0.5, 0.6) is 0 Å². The van der Waals surface area contributed by atoms with Gasteiger partial charge in [0.1, 0.15) is 19.4 Å². The first-order chi connectivity index (χ1) is 9.28. The number of nitrogen functional groups attached to an aromatic ring is 1. The van der Waals surface area contributed by atoms with Crippen LogP contribution in [0.15, 0.2) is 11.1 Å². The standard InChI is InChI=1S/C9H13N6O4P/c10-9-12-7-6(8(16)13-9)11-3-14(7)4-15(1-2-15)5-20(17,18)19/h3H,1-2,4-5H2,(H4-,10,12,13,16,17,18,19)/p+1. The van der Waals surface area contributed by atoms with Gasteiger partial charge in [-0.15, -0.1) is 0 Å². The van der Waals surface area contributed by atoms with E-state index in [1.165, 1.54) is 6.33 Å². The summed E-state index contributed by atoms with van der Waals surface area (Å²) in [5.41, 5.74) is 5.55. The van der Waals surface area contributed by atoms with Gasteiger partial charge in [-0.2, -0.15) is 4.98 Å². The number of imidazole rings is 1. The lowest BCUT2D eigenvalue weighted by molar-refractivity contribution is -0.812. The number of H-pyrrole nitrogens is 1. The quantitative estimate of drug-likeness (QED) is 0.309. The summed E-state index contributed by atoms with van der Waals surface area (Å²) < 4.78 is 13.0. The zero-order valence-corrected chi connectivity index (χ0v) is 11.3. The number of nitrogens with one attached hydrogen (secondary N) is 1. The van der Waals surface area contributed by atoms with Gasteiger partial charge in [0.15, 0.2) is 24.1 Å². The Morgan fingerprint density at radius 2 is 2.20 bits per heavy atom. The van der Waals surface area contributed by atoms with E-state index in [2.05, 4.69) is 15.0 Å². The largest absolute Gasteiger partial charge is 0.379 e. The first kappa shape index (κ1) is 13.3. The number of aromatic amines is 1. The van der Waals surface area contributed by atoms with Crippen molar-refractivity contribution in [2.45, 2.75) is 6.67 Å².